The number of nitrogens with zero attached hydrogens (tertiary/aromatic N) is 1. The summed E-state index contributed by atoms with van der Waals surface area (Å²) in [6.07, 6.45) is 4.35. The first-order valence-corrected chi connectivity index (χ1v) is 6.98. The van der Waals surface area contributed by atoms with Crippen molar-refractivity contribution in [1.29, 1.82) is 0 Å². The monoisotopic (exact) mass is 246 g/mol. The van der Waals surface area contributed by atoms with Crippen molar-refractivity contribution in [3.05, 3.63) is 35.4 Å². The summed E-state index contributed by atoms with van der Waals surface area (Å²) < 4.78 is 0. The number of fused-ring (bicyclic) bond motifs is 2. The summed E-state index contributed by atoms with van der Waals surface area (Å²) in [6, 6.07) is 9.80. The second-order valence-electron chi connectivity index (χ2n) is 5.70. The zero-order valence-electron chi connectivity index (χ0n) is 10.8. The van der Waals surface area contributed by atoms with Gasteiger partial charge in [0.2, 0.25) is 0 Å². The number of benzene rings is 1. The lowest BCUT2D eigenvalue weighted by Crippen LogP contribution is -2.44. The second-order valence-corrected chi connectivity index (χ2v) is 5.70. The van der Waals surface area contributed by atoms with Crippen molar-refractivity contribution in [2.24, 2.45) is 5.73 Å². The molecule has 0 radical (unpaired) electrons. The molecule has 1 aromatic carbocycles. The number of aliphatic hydroxyl groups excluding tert-OH is 1. The van der Waals surface area contributed by atoms with Crippen molar-refractivity contribution in [2.75, 3.05) is 0 Å². The van der Waals surface area contributed by atoms with Gasteiger partial charge in [-0.3, -0.25) is 4.90 Å². The molecule has 98 valence electrons. The molecule has 18 heavy (non-hydrogen) atoms. The highest BCUT2D eigenvalue weighted by Crippen LogP contribution is 2.36. The molecule has 0 saturated carbocycles. The van der Waals surface area contributed by atoms with E-state index in [1.165, 1.54) is 24.0 Å². The van der Waals surface area contributed by atoms with Crippen LogP contribution < -0.4 is 5.73 Å². The van der Waals surface area contributed by atoms with E-state index in [9.17, 15) is 5.11 Å². The smallest absolute Gasteiger partial charge is 0.0570 e. The Morgan fingerprint density at radius 1 is 1.06 bits per heavy atom. The van der Waals surface area contributed by atoms with Crippen molar-refractivity contribution < 1.29 is 5.11 Å². The topological polar surface area (TPSA) is 49.5 Å². The summed E-state index contributed by atoms with van der Waals surface area (Å²) in [5.74, 6) is 0. The molecular weight excluding hydrogens is 224 g/mol. The molecule has 2 aliphatic rings. The highest BCUT2D eigenvalue weighted by Gasteiger charge is 2.39. The van der Waals surface area contributed by atoms with E-state index < -0.39 is 0 Å². The molecule has 1 aromatic rings. The maximum absolute atomic E-state index is 9.80. The molecular formula is C15H22N2O. The van der Waals surface area contributed by atoms with Gasteiger partial charge in [-0.15, -0.1) is 0 Å². The highest BCUT2D eigenvalue weighted by molar-refractivity contribution is 5.22. The van der Waals surface area contributed by atoms with E-state index in [1.807, 2.05) is 0 Å². The lowest BCUT2D eigenvalue weighted by molar-refractivity contribution is 0.0310. The first kappa shape index (κ1) is 12.2. The molecule has 2 fully saturated rings. The minimum absolute atomic E-state index is 0.0710. The third-order valence-electron chi connectivity index (χ3n) is 4.48. The highest BCUT2D eigenvalue weighted by atomic mass is 16.3. The zero-order chi connectivity index (χ0) is 12.5. The fourth-order valence-electron chi connectivity index (χ4n) is 3.50. The van der Waals surface area contributed by atoms with Crippen molar-refractivity contribution in [3.63, 3.8) is 0 Å². The summed E-state index contributed by atoms with van der Waals surface area (Å²) in [4.78, 5) is 2.59. The Bertz CT molecular complexity index is 389. The van der Waals surface area contributed by atoms with Gasteiger partial charge in [0.25, 0.3) is 0 Å². The standard InChI is InChI=1S/C15H22N2O/c16-9-11-1-3-12(4-2-11)10-17-13-5-6-14(17)8-15(18)7-13/h1-4,13-15,18H,5-10,16H2. The average molecular weight is 246 g/mol. The number of rotatable bonds is 3. The van der Waals surface area contributed by atoms with Crippen molar-refractivity contribution in [2.45, 2.75) is 57.0 Å². The van der Waals surface area contributed by atoms with Gasteiger partial charge in [0, 0.05) is 25.2 Å². The molecule has 0 aliphatic carbocycles. The van der Waals surface area contributed by atoms with Crippen LogP contribution in [0.4, 0.5) is 0 Å². The number of nitrogens with two attached hydrogens (primary N) is 1. The zero-order valence-corrected chi connectivity index (χ0v) is 10.8. The minimum Gasteiger partial charge on any atom is -0.393 e. The molecule has 2 unspecified atom stereocenters. The van der Waals surface area contributed by atoms with Crippen LogP contribution in [-0.4, -0.2) is 28.2 Å². The van der Waals surface area contributed by atoms with E-state index in [-0.39, 0.29) is 6.10 Å². The van der Waals surface area contributed by atoms with Crippen molar-refractivity contribution in [1.82, 2.24) is 4.90 Å². The van der Waals surface area contributed by atoms with Crippen LogP contribution in [0, 0.1) is 0 Å². The average Bonchev–Trinajstić information content (AvgIpc) is 2.62. The lowest BCUT2D eigenvalue weighted by Gasteiger charge is -2.37. The summed E-state index contributed by atoms with van der Waals surface area (Å²) in [6.45, 7) is 1.63. The van der Waals surface area contributed by atoms with Crippen molar-refractivity contribution in [3.8, 4) is 0 Å². The molecule has 2 bridgehead atoms. The predicted molar refractivity (Wildman–Crippen MR) is 71.9 cm³/mol. The summed E-state index contributed by atoms with van der Waals surface area (Å²) in [7, 11) is 0. The lowest BCUT2D eigenvalue weighted by atomic mass is 9.99. The number of hydrogen-bond donors (Lipinski definition) is 2. The minimum atomic E-state index is -0.0710. The van der Waals surface area contributed by atoms with Crippen LogP contribution in [0.5, 0.6) is 0 Å². The van der Waals surface area contributed by atoms with Gasteiger partial charge >= 0.3 is 0 Å². The van der Waals surface area contributed by atoms with Crippen LogP contribution in [-0.2, 0) is 13.1 Å². The molecule has 3 heteroatoms. The van der Waals surface area contributed by atoms with Gasteiger partial charge in [-0.05, 0) is 36.8 Å². The number of piperidine rings is 1. The molecule has 2 heterocycles. The molecule has 2 atom stereocenters. The Labute approximate surface area is 109 Å². The largest absolute Gasteiger partial charge is 0.393 e. The molecule has 3 nitrogen and oxygen atoms in total. The van der Waals surface area contributed by atoms with E-state index in [2.05, 4.69) is 29.2 Å². The Morgan fingerprint density at radius 2 is 1.61 bits per heavy atom. The van der Waals surface area contributed by atoms with Gasteiger partial charge < -0.3 is 10.8 Å². The Morgan fingerprint density at radius 3 is 2.17 bits per heavy atom. The van der Waals surface area contributed by atoms with Crippen molar-refractivity contribution >= 4 is 0 Å². The summed E-state index contributed by atoms with van der Waals surface area (Å²) >= 11 is 0. The molecule has 0 aromatic heterocycles. The maximum atomic E-state index is 9.80. The number of aliphatic hydroxyl groups is 1. The molecule has 0 spiro atoms. The Kier molecular flexibility index (Phi) is 3.37. The summed E-state index contributed by atoms with van der Waals surface area (Å²) in [5.41, 5.74) is 8.17. The fourth-order valence-corrected chi connectivity index (χ4v) is 3.50. The second kappa shape index (κ2) is 5.00. The van der Waals surface area contributed by atoms with E-state index in [0.717, 1.165) is 19.4 Å². The normalized spacial score (nSPS) is 31.8. The Balaban J connectivity index is 1.69. The van der Waals surface area contributed by atoms with Gasteiger partial charge in [0.15, 0.2) is 0 Å². The molecule has 3 N–H and O–H groups in total. The number of hydrogen-bond acceptors (Lipinski definition) is 3. The van der Waals surface area contributed by atoms with Crippen LogP contribution in [0.3, 0.4) is 0 Å². The van der Waals surface area contributed by atoms with Crippen LogP contribution in [0.15, 0.2) is 24.3 Å². The van der Waals surface area contributed by atoms with Crippen LogP contribution in [0.1, 0.15) is 36.8 Å². The maximum Gasteiger partial charge on any atom is 0.0570 e. The third-order valence-corrected chi connectivity index (χ3v) is 4.48. The Hall–Kier alpha value is -0.900. The quantitative estimate of drug-likeness (QED) is 0.852. The predicted octanol–water partition coefficient (Wildman–Crippen LogP) is 1.63. The fraction of sp³-hybridized carbons (Fsp3) is 0.600. The third kappa shape index (κ3) is 2.30. The van der Waals surface area contributed by atoms with Gasteiger partial charge in [-0.1, -0.05) is 24.3 Å². The first-order valence-electron chi connectivity index (χ1n) is 6.98. The molecule has 2 aliphatic heterocycles. The van der Waals surface area contributed by atoms with Gasteiger partial charge in [0.05, 0.1) is 6.10 Å². The summed E-state index contributed by atoms with van der Waals surface area (Å²) in [5, 5.41) is 9.80. The van der Waals surface area contributed by atoms with E-state index in [4.69, 9.17) is 5.73 Å². The molecule has 0 amide bonds. The van der Waals surface area contributed by atoms with Gasteiger partial charge in [0.1, 0.15) is 0 Å². The van der Waals surface area contributed by atoms with Gasteiger partial charge in [-0.25, -0.2) is 0 Å². The van der Waals surface area contributed by atoms with Crippen LogP contribution >= 0.6 is 0 Å². The van der Waals surface area contributed by atoms with Crippen LogP contribution in [0.2, 0.25) is 0 Å². The molecule has 2 saturated heterocycles. The first-order chi connectivity index (χ1) is 8.76. The van der Waals surface area contributed by atoms with Gasteiger partial charge in [-0.2, -0.15) is 0 Å². The van der Waals surface area contributed by atoms with Crippen LogP contribution in [0.25, 0.3) is 0 Å². The van der Waals surface area contributed by atoms with E-state index in [0.29, 0.717) is 18.6 Å². The van der Waals surface area contributed by atoms with E-state index in [1.54, 1.807) is 0 Å². The SMILES string of the molecule is NCc1ccc(CN2C3CCC2CC(O)C3)cc1. The van der Waals surface area contributed by atoms with E-state index >= 15 is 0 Å². The molecule has 3 rings (SSSR count).